The SMILES string of the molecule is CCCCc1noc([C@H](C)N[C@H]2CCN(C(C)=O)C[C@H]2CC)n1. The summed E-state index contributed by atoms with van der Waals surface area (Å²) in [6.45, 7) is 9.72. The second kappa shape index (κ2) is 8.43. The first-order valence-corrected chi connectivity index (χ1v) is 8.89. The molecule has 0 bridgehead atoms. The van der Waals surface area contributed by atoms with Crippen LogP contribution >= 0.6 is 0 Å². The molecule has 0 radical (unpaired) electrons. The summed E-state index contributed by atoms with van der Waals surface area (Å²) in [5, 5.41) is 7.69. The highest BCUT2D eigenvalue weighted by molar-refractivity contribution is 5.73. The van der Waals surface area contributed by atoms with Crippen molar-refractivity contribution in [3.8, 4) is 0 Å². The summed E-state index contributed by atoms with van der Waals surface area (Å²) in [7, 11) is 0. The van der Waals surface area contributed by atoms with E-state index in [1.54, 1.807) is 6.92 Å². The highest BCUT2D eigenvalue weighted by atomic mass is 16.5. The number of nitrogens with one attached hydrogen (secondary N) is 1. The van der Waals surface area contributed by atoms with E-state index < -0.39 is 0 Å². The molecule has 1 saturated heterocycles. The Bertz CT molecular complexity index is 503. The molecule has 1 aromatic heterocycles. The van der Waals surface area contributed by atoms with Crippen molar-refractivity contribution >= 4 is 5.91 Å². The summed E-state index contributed by atoms with van der Waals surface area (Å²) in [5.41, 5.74) is 0. The Labute approximate surface area is 139 Å². The fourth-order valence-corrected chi connectivity index (χ4v) is 3.22. The lowest BCUT2D eigenvalue weighted by Gasteiger charge is -2.39. The zero-order chi connectivity index (χ0) is 16.8. The minimum atomic E-state index is 0.0424. The van der Waals surface area contributed by atoms with Gasteiger partial charge in [-0.15, -0.1) is 0 Å². The minimum absolute atomic E-state index is 0.0424. The first-order chi connectivity index (χ1) is 11.0. The number of unbranched alkanes of at least 4 members (excludes halogenated alkanes) is 1. The molecule has 2 heterocycles. The summed E-state index contributed by atoms with van der Waals surface area (Å²) in [6.07, 6.45) is 5.12. The maximum Gasteiger partial charge on any atom is 0.243 e. The highest BCUT2D eigenvalue weighted by Crippen LogP contribution is 2.23. The molecule has 0 aliphatic carbocycles. The number of rotatable bonds is 7. The molecule has 6 nitrogen and oxygen atoms in total. The molecule has 6 heteroatoms. The molecule has 0 spiro atoms. The van der Waals surface area contributed by atoms with Gasteiger partial charge in [0.25, 0.3) is 0 Å². The predicted octanol–water partition coefficient (Wildman–Crippen LogP) is 2.71. The van der Waals surface area contributed by atoms with Gasteiger partial charge in [-0.1, -0.05) is 31.8 Å². The molecular formula is C17H30N4O2. The Balaban J connectivity index is 1.92. The number of aromatic nitrogens is 2. The van der Waals surface area contributed by atoms with E-state index in [4.69, 9.17) is 4.52 Å². The van der Waals surface area contributed by atoms with Crippen LogP contribution in [0.5, 0.6) is 0 Å². The van der Waals surface area contributed by atoms with E-state index in [9.17, 15) is 4.79 Å². The molecule has 130 valence electrons. The molecule has 0 aromatic carbocycles. The lowest BCUT2D eigenvalue weighted by atomic mass is 9.89. The number of nitrogens with zero attached hydrogens (tertiary/aromatic N) is 3. The highest BCUT2D eigenvalue weighted by Gasteiger charge is 2.31. The second-order valence-electron chi connectivity index (χ2n) is 6.57. The van der Waals surface area contributed by atoms with Crippen molar-refractivity contribution in [3.63, 3.8) is 0 Å². The van der Waals surface area contributed by atoms with Crippen molar-refractivity contribution in [2.45, 2.75) is 71.9 Å². The van der Waals surface area contributed by atoms with Crippen molar-refractivity contribution in [1.29, 1.82) is 0 Å². The van der Waals surface area contributed by atoms with Crippen molar-refractivity contribution in [3.05, 3.63) is 11.7 Å². The Morgan fingerprint density at radius 1 is 1.48 bits per heavy atom. The molecule has 3 atom stereocenters. The van der Waals surface area contributed by atoms with Gasteiger partial charge in [-0.2, -0.15) is 4.98 Å². The Morgan fingerprint density at radius 3 is 2.91 bits per heavy atom. The summed E-state index contributed by atoms with van der Waals surface area (Å²) < 4.78 is 5.41. The number of carbonyl (C=O) groups is 1. The number of amides is 1. The van der Waals surface area contributed by atoms with Crippen LogP contribution in [0.4, 0.5) is 0 Å². The maximum absolute atomic E-state index is 11.6. The fraction of sp³-hybridized carbons (Fsp3) is 0.824. The molecule has 1 amide bonds. The zero-order valence-electron chi connectivity index (χ0n) is 14.8. The van der Waals surface area contributed by atoms with E-state index in [-0.39, 0.29) is 11.9 Å². The molecule has 1 N–H and O–H groups in total. The van der Waals surface area contributed by atoms with Crippen LogP contribution in [0.3, 0.4) is 0 Å². The van der Waals surface area contributed by atoms with Crippen molar-refractivity contribution in [2.24, 2.45) is 5.92 Å². The number of aryl methyl sites for hydroxylation is 1. The van der Waals surface area contributed by atoms with Gasteiger partial charge in [-0.05, 0) is 25.7 Å². The fourth-order valence-electron chi connectivity index (χ4n) is 3.22. The average Bonchev–Trinajstić information content (AvgIpc) is 3.02. The maximum atomic E-state index is 11.6. The molecule has 1 aliphatic heterocycles. The Hall–Kier alpha value is -1.43. The molecule has 0 saturated carbocycles. The third kappa shape index (κ3) is 4.77. The van der Waals surface area contributed by atoms with E-state index in [1.165, 1.54) is 0 Å². The third-order valence-electron chi connectivity index (χ3n) is 4.78. The molecule has 2 rings (SSSR count). The van der Waals surface area contributed by atoms with Gasteiger partial charge in [-0.3, -0.25) is 4.79 Å². The third-order valence-corrected chi connectivity index (χ3v) is 4.78. The van der Waals surface area contributed by atoms with E-state index >= 15 is 0 Å². The summed E-state index contributed by atoms with van der Waals surface area (Å²) in [6, 6.07) is 0.428. The first kappa shape index (κ1) is 17.9. The quantitative estimate of drug-likeness (QED) is 0.835. The van der Waals surface area contributed by atoms with Crippen molar-refractivity contribution in [2.75, 3.05) is 13.1 Å². The van der Waals surface area contributed by atoms with Gasteiger partial charge < -0.3 is 14.7 Å². The van der Waals surface area contributed by atoms with Crippen LogP contribution in [0.15, 0.2) is 4.52 Å². The van der Waals surface area contributed by atoms with Crippen LogP contribution in [0.2, 0.25) is 0 Å². The van der Waals surface area contributed by atoms with Gasteiger partial charge in [0.2, 0.25) is 11.8 Å². The first-order valence-electron chi connectivity index (χ1n) is 8.89. The van der Waals surface area contributed by atoms with Gasteiger partial charge >= 0.3 is 0 Å². The van der Waals surface area contributed by atoms with Crippen LogP contribution in [-0.4, -0.2) is 40.1 Å². The lowest BCUT2D eigenvalue weighted by molar-refractivity contribution is -0.131. The lowest BCUT2D eigenvalue weighted by Crippen LogP contribution is -2.50. The molecule has 23 heavy (non-hydrogen) atoms. The van der Waals surface area contributed by atoms with Crippen molar-refractivity contribution in [1.82, 2.24) is 20.4 Å². The largest absolute Gasteiger partial charge is 0.343 e. The van der Waals surface area contributed by atoms with Gasteiger partial charge in [0.05, 0.1) is 6.04 Å². The number of carbonyl (C=O) groups excluding carboxylic acids is 1. The monoisotopic (exact) mass is 322 g/mol. The number of hydrogen-bond acceptors (Lipinski definition) is 5. The zero-order valence-corrected chi connectivity index (χ0v) is 14.8. The van der Waals surface area contributed by atoms with E-state index in [2.05, 4.69) is 36.2 Å². The summed E-state index contributed by atoms with van der Waals surface area (Å²) in [4.78, 5) is 18.0. The van der Waals surface area contributed by atoms with Crippen molar-refractivity contribution < 1.29 is 9.32 Å². The average molecular weight is 322 g/mol. The van der Waals surface area contributed by atoms with Gasteiger partial charge in [0.1, 0.15) is 0 Å². The number of piperidine rings is 1. The van der Waals surface area contributed by atoms with Crippen LogP contribution in [0.25, 0.3) is 0 Å². The van der Waals surface area contributed by atoms with E-state index in [0.717, 1.165) is 51.0 Å². The van der Waals surface area contributed by atoms with Gasteiger partial charge in [0.15, 0.2) is 5.82 Å². The smallest absolute Gasteiger partial charge is 0.243 e. The molecule has 1 aromatic rings. The molecule has 1 fully saturated rings. The topological polar surface area (TPSA) is 71.3 Å². The molecule has 0 unspecified atom stereocenters. The number of hydrogen-bond donors (Lipinski definition) is 1. The van der Waals surface area contributed by atoms with Crippen LogP contribution < -0.4 is 5.32 Å². The van der Waals surface area contributed by atoms with E-state index in [0.29, 0.717) is 17.9 Å². The molecular weight excluding hydrogens is 292 g/mol. The van der Waals surface area contributed by atoms with Crippen LogP contribution in [-0.2, 0) is 11.2 Å². The Kier molecular flexibility index (Phi) is 6.57. The van der Waals surface area contributed by atoms with Crippen LogP contribution in [0, 0.1) is 5.92 Å². The van der Waals surface area contributed by atoms with E-state index in [1.807, 2.05) is 4.90 Å². The van der Waals surface area contributed by atoms with Gasteiger partial charge in [0, 0.05) is 32.5 Å². The Morgan fingerprint density at radius 2 is 2.26 bits per heavy atom. The van der Waals surface area contributed by atoms with Gasteiger partial charge in [-0.25, -0.2) is 0 Å². The normalized spacial score (nSPS) is 23.0. The van der Waals surface area contributed by atoms with Crippen LogP contribution in [0.1, 0.15) is 71.1 Å². The standard InChI is InChI=1S/C17H30N4O2/c1-5-7-8-16-19-17(23-20-16)12(3)18-15-9-10-21(13(4)22)11-14(15)6-2/h12,14-15,18H,5-11H2,1-4H3/t12-,14+,15-/m0/s1. The minimum Gasteiger partial charge on any atom is -0.343 e. The second-order valence-corrected chi connectivity index (χ2v) is 6.57. The molecule has 1 aliphatic rings. The summed E-state index contributed by atoms with van der Waals surface area (Å²) >= 11 is 0. The predicted molar refractivity (Wildman–Crippen MR) is 88.9 cm³/mol. The summed E-state index contributed by atoms with van der Waals surface area (Å²) in [5.74, 6) is 2.11. The number of likely N-dealkylation sites (tertiary alicyclic amines) is 1.